The molecule has 0 bridgehead atoms. The fraction of sp³-hybridized carbons (Fsp3) is 0.350. The number of thiocarbonyl (C=S) groups is 1. The van der Waals surface area contributed by atoms with Gasteiger partial charge in [-0.25, -0.2) is 0 Å². The molecule has 0 saturated carbocycles. The Bertz CT molecular complexity index is 684. The predicted octanol–water partition coefficient (Wildman–Crippen LogP) is 5.75. The van der Waals surface area contributed by atoms with Crippen LogP contribution in [0.4, 0.5) is 11.4 Å². The number of para-hydroxylation sites is 3. The number of anilines is 2. The van der Waals surface area contributed by atoms with Crippen molar-refractivity contribution in [2.75, 3.05) is 17.7 Å². The summed E-state index contributed by atoms with van der Waals surface area (Å²) in [7, 11) is 1.65. The average Bonchev–Trinajstić information content (AvgIpc) is 2.55. The molecule has 0 spiro atoms. The molecule has 0 aromatic heterocycles. The summed E-state index contributed by atoms with van der Waals surface area (Å²) in [6, 6.07) is 14.2. The number of nitrogens with one attached hydrogen (secondary N) is 2. The molecule has 0 aliphatic rings. The Balaban J connectivity index is 2.28. The van der Waals surface area contributed by atoms with Crippen LogP contribution in [0.25, 0.3) is 0 Å². The lowest BCUT2D eigenvalue weighted by Crippen LogP contribution is -2.21. The van der Waals surface area contributed by atoms with Crippen LogP contribution in [0.2, 0.25) is 0 Å². The summed E-state index contributed by atoms with van der Waals surface area (Å²) in [5.41, 5.74) is 4.50. The van der Waals surface area contributed by atoms with Gasteiger partial charge in [-0.15, -0.1) is 0 Å². The highest BCUT2D eigenvalue weighted by atomic mass is 32.1. The monoisotopic (exact) mass is 342 g/mol. The van der Waals surface area contributed by atoms with Crippen LogP contribution in [-0.4, -0.2) is 12.2 Å². The van der Waals surface area contributed by atoms with Crippen LogP contribution < -0.4 is 15.4 Å². The van der Waals surface area contributed by atoms with Crippen molar-refractivity contribution in [3.8, 4) is 5.75 Å². The Morgan fingerprint density at radius 2 is 1.46 bits per heavy atom. The minimum Gasteiger partial charge on any atom is -0.495 e. The molecule has 2 aromatic carbocycles. The normalized spacial score (nSPS) is 10.8. The molecule has 0 atom stereocenters. The van der Waals surface area contributed by atoms with Crippen LogP contribution in [0.1, 0.15) is 50.7 Å². The van der Waals surface area contributed by atoms with Crippen molar-refractivity contribution in [3.63, 3.8) is 0 Å². The molecule has 2 aromatic rings. The van der Waals surface area contributed by atoms with Crippen LogP contribution in [-0.2, 0) is 0 Å². The molecule has 128 valence electrons. The van der Waals surface area contributed by atoms with Gasteiger partial charge in [-0.1, -0.05) is 58.0 Å². The minimum absolute atomic E-state index is 0.417. The fourth-order valence-corrected chi connectivity index (χ4v) is 2.92. The second kappa shape index (κ2) is 8.15. The van der Waals surface area contributed by atoms with E-state index in [1.54, 1.807) is 7.11 Å². The smallest absolute Gasteiger partial charge is 0.175 e. The molecule has 0 aliphatic carbocycles. The second-order valence-corrected chi connectivity index (χ2v) is 6.81. The molecule has 2 rings (SSSR count). The van der Waals surface area contributed by atoms with Crippen LogP contribution in [0.15, 0.2) is 42.5 Å². The van der Waals surface area contributed by atoms with E-state index < -0.39 is 0 Å². The molecule has 0 unspecified atom stereocenters. The van der Waals surface area contributed by atoms with Crippen molar-refractivity contribution in [2.45, 2.75) is 39.5 Å². The molecule has 3 nitrogen and oxygen atoms in total. The van der Waals surface area contributed by atoms with Crippen molar-refractivity contribution in [2.24, 2.45) is 0 Å². The summed E-state index contributed by atoms with van der Waals surface area (Å²) in [6.45, 7) is 8.78. The fourth-order valence-electron chi connectivity index (χ4n) is 2.71. The highest BCUT2D eigenvalue weighted by Crippen LogP contribution is 2.32. The maximum absolute atomic E-state index is 5.54. The molecule has 0 heterocycles. The maximum atomic E-state index is 5.54. The van der Waals surface area contributed by atoms with Gasteiger partial charge in [-0.3, -0.25) is 0 Å². The first-order valence-corrected chi connectivity index (χ1v) is 8.68. The summed E-state index contributed by atoms with van der Waals surface area (Å²) in [6.07, 6.45) is 0. The highest BCUT2D eigenvalue weighted by Gasteiger charge is 2.15. The first-order chi connectivity index (χ1) is 11.4. The molecule has 0 aliphatic heterocycles. The summed E-state index contributed by atoms with van der Waals surface area (Å²) in [5.74, 6) is 1.60. The van der Waals surface area contributed by atoms with Crippen molar-refractivity contribution in [1.29, 1.82) is 0 Å². The van der Waals surface area contributed by atoms with E-state index in [-0.39, 0.29) is 0 Å². The van der Waals surface area contributed by atoms with E-state index in [4.69, 9.17) is 17.0 Å². The van der Waals surface area contributed by atoms with Gasteiger partial charge in [0, 0.05) is 5.69 Å². The third kappa shape index (κ3) is 4.26. The predicted molar refractivity (Wildman–Crippen MR) is 107 cm³/mol. The van der Waals surface area contributed by atoms with Crippen LogP contribution in [0.5, 0.6) is 5.75 Å². The zero-order chi connectivity index (χ0) is 17.7. The topological polar surface area (TPSA) is 33.3 Å². The largest absolute Gasteiger partial charge is 0.495 e. The molecule has 24 heavy (non-hydrogen) atoms. The molecular formula is C20H26N2OS. The van der Waals surface area contributed by atoms with Gasteiger partial charge in [0.15, 0.2) is 5.11 Å². The molecule has 0 fully saturated rings. The summed E-state index contributed by atoms with van der Waals surface area (Å²) in [4.78, 5) is 0. The highest BCUT2D eigenvalue weighted by molar-refractivity contribution is 7.80. The van der Waals surface area contributed by atoms with E-state index in [0.717, 1.165) is 17.1 Å². The molecule has 0 amide bonds. The van der Waals surface area contributed by atoms with E-state index in [9.17, 15) is 0 Å². The van der Waals surface area contributed by atoms with Crippen LogP contribution >= 0.6 is 12.2 Å². The Morgan fingerprint density at radius 3 is 2.00 bits per heavy atom. The molecule has 0 saturated heterocycles. The quantitative estimate of drug-likeness (QED) is 0.678. The standard InChI is InChI=1S/C20H26N2OS/c1-13(2)15-9-8-10-16(14(3)4)19(15)22-20(24)21-17-11-6-7-12-18(17)23-5/h6-14H,1-5H3,(H2,21,22,24). The number of hydrogen-bond donors (Lipinski definition) is 2. The number of methoxy groups -OCH3 is 1. The molecule has 2 N–H and O–H groups in total. The molecule has 4 heteroatoms. The van der Waals surface area contributed by atoms with Gasteiger partial charge in [-0.05, 0) is 47.3 Å². The van der Waals surface area contributed by atoms with Crippen molar-refractivity contribution >= 4 is 28.7 Å². The zero-order valence-electron chi connectivity index (χ0n) is 15.0. The van der Waals surface area contributed by atoms with E-state index in [1.807, 2.05) is 24.3 Å². The maximum Gasteiger partial charge on any atom is 0.175 e. The lowest BCUT2D eigenvalue weighted by Gasteiger charge is -2.22. The van der Waals surface area contributed by atoms with E-state index >= 15 is 0 Å². The summed E-state index contributed by atoms with van der Waals surface area (Å²) in [5, 5.41) is 7.21. The summed E-state index contributed by atoms with van der Waals surface area (Å²) < 4.78 is 5.37. The van der Waals surface area contributed by atoms with E-state index in [2.05, 4.69) is 56.5 Å². The number of ether oxygens (including phenoxy) is 1. The van der Waals surface area contributed by atoms with Crippen molar-refractivity contribution in [3.05, 3.63) is 53.6 Å². The number of rotatable bonds is 5. The van der Waals surface area contributed by atoms with Gasteiger partial charge < -0.3 is 15.4 Å². The Hall–Kier alpha value is -2.07. The van der Waals surface area contributed by atoms with Gasteiger partial charge >= 0.3 is 0 Å². The first kappa shape index (κ1) is 18.3. The Kier molecular flexibility index (Phi) is 6.21. The second-order valence-electron chi connectivity index (χ2n) is 6.40. The SMILES string of the molecule is COc1ccccc1NC(=S)Nc1c(C(C)C)cccc1C(C)C. The van der Waals surface area contributed by atoms with E-state index in [1.165, 1.54) is 11.1 Å². The van der Waals surface area contributed by atoms with Gasteiger partial charge in [-0.2, -0.15) is 0 Å². The van der Waals surface area contributed by atoms with Gasteiger partial charge in [0.25, 0.3) is 0 Å². The van der Waals surface area contributed by atoms with Gasteiger partial charge in [0.1, 0.15) is 5.75 Å². The third-order valence-electron chi connectivity index (χ3n) is 3.97. The zero-order valence-corrected chi connectivity index (χ0v) is 15.8. The Labute approximate surface area is 150 Å². The molecular weight excluding hydrogens is 316 g/mol. The lowest BCUT2D eigenvalue weighted by molar-refractivity contribution is 0.417. The minimum atomic E-state index is 0.417. The lowest BCUT2D eigenvalue weighted by atomic mass is 9.93. The van der Waals surface area contributed by atoms with Crippen LogP contribution in [0.3, 0.4) is 0 Å². The number of benzene rings is 2. The summed E-state index contributed by atoms with van der Waals surface area (Å²) >= 11 is 5.54. The van der Waals surface area contributed by atoms with Crippen molar-refractivity contribution in [1.82, 2.24) is 0 Å². The average molecular weight is 343 g/mol. The Morgan fingerprint density at radius 1 is 0.875 bits per heavy atom. The van der Waals surface area contributed by atoms with Gasteiger partial charge in [0.2, 0.25) is 0 Å². The van der Waals surface area contributed by atoms with Gasteiger partial charge in [0.05, 0.1) is 12.8 Å². The molecule has 0 radical (unpaired) electrons. The van der Waals surface area contributed by atoms with Crippen LogP contribution in [0, 0.1) is 0 Å². The van der Waals surface area contributed by atoms with E-state index in [0.29, 0.717) is 16.9 Å². The first-order valence-electron chi connectivity index (χ1n) is 8.27. The number of hydrogen-bond acceptors (Lipinski definition) is 2. The van der Waals surface area contributed by atoms with Crippen molar-refractivity contribution < 1.29 is 4.74 Å². The third-order valence-corrected chi connectivity index (χ3v) is 4.17.